The van der Waals surface area contributed by atoms with Crippen molar-refractivity contribution in [1.29, 1.82) is 0 Å². The fourth-order valence-corrected chi connectivity index (χ4v) is 1.96. The number of ether oxygens (including phenoxy) is 2. The SMILES string of the molecule is CCOC(=O)C(=O)c1cc(CC(C)(C)C)ccc1OC. The number of ketones is 1. The molecule has 1 rings (SSSR count). The molecule has 1 aromatic carbocycles. The van der Waals surface area contributed by atoms with Crippen molar-refractivity contribution in [3.63, 3.8) is 0 Å². The van der Waals surface area contributed by atoms with Crippen molar-refractivity contribution >= 4 is 11.8 Å². The second kappa shape index (κ2) is 6.55. The van der Waals surface area contributed by atoms with Crippen molar-refractivity contribution in [3.05, 3.63) is 29.3 Å². The summed E-state index contributed by atoms with van der Waals surface area (Å²) in [7, 11) is 1.47. The van der Waals surface area contributed by atoms with E-state index in [4.69, 9.17) is 9.47 Å². The molecular weight excluding hydrogens is 256 g/mol. The summed E-state index contributed by atoms with van der Waals surface area (Å²) in [5, 5.41) is 0. The van der Waals surface area contributed by atoms with Gasteiger partial charge in [0.15, 0.2) is 0 Å². The van der Waals surface area contributed by atoms with Crippen LogP contribution in [0.2, 0.25) is 0 Å². The topological polar surface area (TPSA) is 52.6 Å². The first kappa shape index (κ1) is 16.2. The maximum Gasteiger partial charge on any atom is 0.379 e. The van der Waals surface area contributed by atoms with Crippen LogP contribution in [0.15, 0.2) is 18.2 Å². The van der Waals surface area contributed by atoms with Gasteiger partial charge in [-0.15, -0.1) is 0 Å². The predicted molar refractivity (Wildman–Crippen MR) is 77.1 cm³/mol. The van der Waals surface area contributed by atoms with Crippen molar-refractivity contribution in [3.8, 4) is 5.75 Å². The molecular formula is C16H22O4. The minimum absolute atomic E-state index is 0.0961. The van der Waals surface area contributed by atoms with Gasteiger partial charge in [0.1, 0.15) is 5.75 Å². The molecule has 0 spiro atoms. The van der Waals surface area contributed by atoms with Crippen LogP contribution >= 0.6 is 0 Å². The van der Waals surface area contributed by atoms with Gasteiger partial charge in [-0.3, -0.25) is 4.79 Å². The van der Waals surface area contributed by atoms with Crippen molar-refractivity contribution in [2.75, 3.05) is 13.7 Å². The monoisotopic (exact) mass is 278 g/mol. The van der Waals surface area contributed by atoms with Crippen molar-refractivity contribution in [2.45, 2.75) is 34.1 Å². The normalized spacial score (nSPS) is 11.1. The Morgan fingerprint density at radius 2 is 1.85 bits per heavy atom. The van der Waals surface area contributed by atoms with Crippen molar-refractivity contribution in [2.24, 2.45) is 5.41 Å². The molecule has 0 aromatic heterocycles. The minimum atomic E-state index is -0.848. The van der Waals surface area contributed by atoms with E-state index in [1.165, 1.54) is 7.11 Å². The van der Waals surface area contributed by atoms with Crippen LogP contribution in [-0.4, -0.2) is 25.5 Å². The van der Waals surface area contributed by atoms with Crippen LogP contribution < -0.4 is 4.74 Å². The highest BCUT2D eigenvalue weighted by atomic mass is 16.5. The quantitative estimate of drug-likeness (QED) is 0.472. The fourth-order valence-electron chi connectivity index (χ4n) is 1.96. The number of hydrogen-bond acceptors (Lipinski definition) is 4. The van der Waals surface area contributed by atoms with E-state index >= 15 is 0 Å². The maximum atomic E-state index is 12.1. The largest absolute Gasteiger partial charge is 0.496 e. The molecule has 4 nitrogen and oxygen atoms in total. The highest BCUT2D eigenvalue weighted by Crippen LogP contribution is 2.26. The van der Waals surface area contributed by atoms with E-state index in [0.29, 0.717) is 5.75 Å². The molecule has 20 heavy (non-hydrogen) atoms. The Kier molecular flexibility index (Phi) is 5.31. The first-order valence-electron chi connectivity index (χ1n) is 6.67. The van der Waals surface area contributed by atoms with Crippen LogP contribution in [0.1, 0.15) is 43.6 Å². The standard InChI is InChI=1S/C16H22O4/c1-6-20-15(18)14(17)12-9-11(10-16(2,3)4)7-8-13(12)19-5/h7-9H,6,10H2,1-5H3. The Hall–Kier alpha value is -1.84. The first-order valence-corrected chi connectivity index (χ1v) is 6.67. The fraction of sp³-hybridized carbons (Fsp3) is 0.500. The number of carbonyl (C=O) groups excluding carboxylic acids is 2. The number of benzene rings is 1. The third-order valence-corrected chi connectivity index (χ3v) is 2.70. The lowest BCUT2D eigenvalue weighted by Crippen LogP contribution is -2.19. The van der Waals surface area contributed by atoms with Crippen molar-refractivity contribution in [1.82, 2.24) is 0 Å². The van der Waals surface area contributed by atoms with Crippen LogP contribution in [0.5, 0.6) is 5.75 Å². The molecule has 0 amide bonds. The van der Waals surface area contributed by atoms with Crippen LogP contribution in [-0.2, 0) is 16.0 Å². The number of esters is 1. The summed E-state index contributed by atoms with van der Waals surface area (Å²) in [6.07, 6.45) is 0.806. The Morgan fingerprint density at radius 1 is 1.20 bits per heavy atom. The summed E-state index contributed by atoms with van der Waals surface area (Å²) in [4.78, 5) is 23.7. The van der Waals surface area contributed by atoms with Gasteiger partial charge in [0.2, 0.25) is 0 Å². The molecule has 0 fully saturated rings. The Morgan fingerprint density at radius 3 is 2.35 bits per heavy atom. The molecule has 1 aromatic rings. The lowest BCUT2D eigenvalue weighted by Gasteiger charge is -2.19. The summed E-state index contributed by atoms with van der Waals surface area (Å²) in [5.41, 5.74) is 1.34. The number of methoxy groups -OCH3 is 1. The molecule has 0 aliphatic heterocycles. The third-order valence-electron chi connectivity index (χ3n) is 2.70. The van der Waals surface area contributed by atoms with Gasteiger partial charge in [-0.1, -0.05) is 26.8 Å². The highest BCUT2D eigenvalue weighted by molar-refractivity contribution is 6.41. The van der Waals surface area contributed by atoms with E-state index in [1.54, 1.807) is 19.1 Å². The lowest BCUT2D eigenvalue weighted by atomic mass is 9.87. The average Bonchev–Trinajstić information content (AvgIpc) is 2.36. The van der Waals surface area contributed by atoms with E-state index < -0.39 is 11.8 Å². The van der Waals surface area contributed by atoms with Crippen LogP contribution in [0.25, 0.3) is 0 Å². The smallest absolute Gasteiger partial charge is 0.379 e. The van der Waals surface area contributed by atoms with Crippen LogP contribution in [0, 0.1) is 5.41 Å². The van der Waals surface area contributed by atoms with Gasteiger partial charge < -0.3 is 9.47 Å². The number of rotatable bonds is 5. The zero-order valence-electron chi connectivity index (χ0n) is 12.8. The van der Waals surface area contributed by atoms with Gasteiger partial charge in [0.25, 0.3) is 5.78 Å². The summed E-state index contributed by atoms with van der Waals surface area (Å²) in [6.45, 7) is 8.19. The molecule has 0 N–H and O–H groups in total. The molecule has 0 saturated carbocycles. The zero-order chi connectivity index (χ0) is 15.3. The van der Waals surface area contributed by atoms with Crippen LogP contribution in [0.3, 0.4) is 0 Å². The number of Topliss-reactive ketones (excluding diaryl/α,β-unsaturated/α-hetero) is 1. The molecule has 0 aliphatic rings. The molecule has 0 bridgehead atoms. The van der Waals surface area contributed by atoms with E-state index in [0.717, 1.165) is 12.0 Å². The lowest BCUT2D eigenvalue weighted by molar-refractivity contribution is -0.137. The van der Waals surface area contributed by atoms with Gasteiger partial charge >= 0.3 is 5.97 Å². The molecule has 4 heteroatoms. The van der Waals surface area contributed by atoms with Gasteiger partial charge in [0, 0.05) is 0 Å². The second-order valence-corrected chi connectivity index (χ2v) is 5.82. The van der Waals surface area contributed by atoms with Crippen molar-refractivity contribution < 1.29 is 19.1 Å². The van der Waals surface area contributed by atoms with Gasteiger partial charge in [-0.05, 0) is 36.5 Å². The van der Waals surface area contributed by atoms with Crippen LogP contribution in [0.4, 0.5) is 0 Å². The van der Waals surface area contributed by atoms with E-state index in [1.807, 2.05) is 6.07 Å². The van der Waals surface area contributed by atoms with E-state index in [-0.39, 0.29) is 17.6 Å². The van der Waals surface area contributed by atoms with Gasteiger partial charge in [0.05, 0.1) is 19.3 Å². The summed E-state index contributed by atoms with van der Waals surface area (Å²) >= 11 is 0. The number of hydrogen-bond donors (Lipinski definition) is 0. The average molecular weight is 278 g/mol. The highest BCUT2D eigenvalue weighted by Gasteiger charge is 2.23. The molecule has 110 valence electrons. The molecule has 0 saturated heterocycles. The summed E-state index contributed by atoms with van der Waals surface area (Å²) in [5.74, 6) is -1.13. The molecule has 0 heterocycles. The molecule has 0 aliphatic carbocycles. The minimum Gasteiger partial charge on any atom is -0.496 e. The molecule has 0 atom stereocenters. The zero-order valence-corrected chi connectivity index (χ0v) is 12.8. The molecule has 0 unspecified atom stereocenters. The summed E-state index contributed by atoms with van der Waals surface area (Å²) in [6, 6.07) is 5.34. The second-order valence-electron chi connectivity index (χ2n) is 5.82. The Labute approximate surface area is 120 Å². The van der Waals surface area contributed by atoms with Gasteiger partial charge in [-0.2, -0.15) is 0 Å². The maximum absolute atomic E-state index is 12.1. The Bertz CT molecular complexity index is 498. The van der Waals surface area contributed by atoms with Gasteiger partial charge in [-0.25, -0.2) is 4.79 Å². The third kappa shape index (κ3) is 4.37. The van der Waals surface area contributed by atoms with E-state index in [9.17, 15) is 9.59 Å². The summed E-state index contributed by atoms with van der Waals surface area (Å²) < 4.78 is 9.91. The first-order chi connectivity index (χ1) is 9.28. The molecule has 0 radical (unpaired) electrons. The predicted octanol–water partition coefficient (Wildman–Crippen LogP) is 3.03. The van der Waals surface area contributed by atoms with E-state index in [2.05, 4.69) is 20.8 Å². The number of carbonyl (C=O) groups is 2. The Balaban J connectivity index is 3.12.